The molecule has 0 aliphatic heterocycles. The average Bonchev–Trinajstić information content (AvgIpc) is 2.79. The van der Waals surface area contributed by atoms with Gasteiger partial charge in [-0.25, -0.2) is 4.98 Å². The summed E-state index contributed by atoms with van der Waals surface area (Å²) in [7, 11) is 0. The number of carbonyl (C=O) groups excluding carboxylic acids is 1. The van der Waals surface area contributed by atoms with Crippen LogP contribution in [-0.4, -0.2) is 32.6 Å². The number of hydrogen-bond acceptors (Lipinski definition) is 5. The third-order valence-corrected chi connectivity index (χ3v) is 6.14. The molecule has 4 rings (SSSR count). The molecular formula is C24H24N4O2S. The van der Waals surface area contributed by atoms with Gasteiger partial charge in [0.1, 0.15) is 5.65 Å². The molecule has 0 spiro atoms. The first-order valence-electron chi connectivity index (χ1n) is 10.2. The standard InChI is InChI=1S/C24H24N4O2S/c1-16(2)18-3-5-21-20(13-18)24(30)28-14-19(4-6-22(28)27-21)23(29)26-11-12-31-15-17-7-9-25-10-8-17/h3-10,13-14,16H,11-12,15H2,1-2H3,(H,26,29). The zero-order valence-electron chi connectivity index (χ0n) is 17.5. The van der Waals surface area contributed by atoms with Crippen LogP contribution in [0.5, 0.6) is 0 Å². The molecule has 6 nitrogen and oxygen atoms in total. The number of rotatable bonds is 7. The highest BCUT2D eigenvalue weighted by molar-refractivity contribution is 7.98. The Labute approximate surface area is 184 Å². The molecule has 158 valence electrons. The van der Waals surface area contributed by atoms with E-state index in [1.54, 1.807) is 42.5 Å². The summed E-state index contributed by atoms with van der Waals surface area (Å²) in [5, 5.41) is 3.49. The normalized spacial score (nSPS) is 11.3. The molecular weight excluding hydrogens is 408 g/mol. The highest BCUT2D eigenvalue weighted by Crippen LogP contribution is 2.19. The van der Waals surface area contributed by atoms with E-state index in [0.717, 1.165) is 17.1 Å². The molecule has 0 unspecified atom stereocenters. The Balaban J connectivity index is 1.47. The molecule has 0 bridgehead atoms. The van der Waals surface area contributed by atoms with E-state index in [1.807, 2.05) is 30.3 Å². The zero-order valence-corrected chi connectivity index (χ0v) is 18.4. The summed E-state index contributed by atoms with van der Waals surface area (Å²) in [5.74, 6) is 1.79. The molecule has 3 heterocycles. The predicted molar refractivity (Wildman–Crippen MR) is 126 cm³/mol. The summed E-state index contributed by atoms with van der Waals surface area (Å²) in [4.78, 5) is 34.2. The van der Waals surface area contributed by atoms with E-state index >= 15 is 0 Å². The van der Waals surface area contributed by atoms with Gasteiger partial charge in [0.15, 0.2) is 0 Å². The Morgan fingerprint density at radius 3 is 2.71 bits per heavy atom. The molecule has 1 aromatic carbocycles. The topological polar surface area (TPSA) is 76.4 Å². The van der Waals surface area contributed by atoms with Crippen LogP contribution in [0.3, 0.4) is 0 Å². The molecule has 0 fully saturated rings. The number of pyridine rings is 2. The van der Waals surface area contributed by atoms with Crippen molar-refractivity contribution in [2.75, 3.05) is 12.3 Å². The Morgan fingerprint density at radius 2 is 1.94 bits per heavy atom. The summed E-state index contributed by atoms with van der Waals surface area (Å²) >= 11 is 1.75. The van der Waals surface area contributed by atoms with Crippen LogP contribution in [0.4, 0.5) is 0 Å². The maximum Gasteiger partial charge on any atom is 0.265 e. The average molecular weight is 433 g/mol. The third-order valence-electron chi connectivity index (χ3n) is 5.11. The molecule has 0 aliphatic carbocycles. The van der Waals surface area contributed by atoms with Crippen molar-refractivity contribution in [2.24, 2.45) is 0 Å². The summed E-state index contributed by atoms with van der Waals surface area (Å²) in [6, 6.07) is 13.2. The quantitative estimate of drug-likeness (QED) is 0.352. The van der Waals surface area contributed by atoms with Crippen molar-refractivity contribution in [3.63, 3.8) is 0 Å². The Bertz CT molecular complexity index is 1290. The second-order valence-corrected chi connectivity index (χ2v) is 8.76. The minimum absolute atomic E-state index is 0.162. The monoisotopic (exact) mass is 432 g/mol. The smallest absolute Gasteiger partial charge is 0.265 e. The number of nitrogens with zero attached hydrogens (tertiary/aromatic N) is 3. The van der Waals surface area contributed by atoms with Gasteiger partial charge >= 0.3 is 0 Å². The van der Waals surface area contributed by atoms with Crippen molar-refractivity contribution < 1.29 is 4.79 Å². The lowest BCUT2D eigenvalue weighted by atomic mass is 10.0. The molecule has 0 radical (unpaired) electrons. The minimum atomic E-state index is -0.200. The first kappa shape index (κ1) is 21.1. The second-order valence-electron chi connectivity index (χ2n) is 7.66. The van der Waals surface area contributed by atoms with Gasteiger partial charge in [-0.3, -0.25) is 19.0 Å². The summed E-state index contributed by atoms with van der Waals surface area (Å²) in [5.41, 5.74) is 3.77. The minimum Gasteiger partial charge on any atom is -0.351 e. The van der Waals surface area contributed by atoms with E-state index in [1.165, 1.54) is 9.96 Å². The van der Waals surface area contributed by atoms with Crippen LogP contribution in [-0.2, 0) is 5.75 Å². The lowest BCUT2D eigenvalue weighted by molar-refractivity contribution is 0.0955. The number of nitrogens with one attached hydrogen (secondary N) is 1. The first-order valence-corrected chi connectivity index (χ1v) is 11.4. The van der Waals surface area contributed by atoms with Crippen LogP contribution in [0.1, 0.15) is 41.3 Å². The van der Waals surface area contributed by atoms with Crippen LogP contribution in [0.25, 0.3) is 16.6 Å². The number of fused-ring (bicyclic) bond motifs is 2. The van der Waals surface area contributed by atoms with E-state index in [9.17, 15) is 9.59 Å². The Kier molecular flexibility index (Phi) is 6.32. The number of benzene rings is 1. The second kappa shape index (κ2) is 9.31. The van der Waals surface area contributed by atoms with E-state index in [2.05, 4.69) is 29.1 Å². The summed E-state index contributed by atoms with van der Waals surface area (Å²) < 4.78 is 1.46. The summed E-state index contributed by atoms with van der Waals surface area (Å²) in [6.45, 7) is 4.73. The van der Waals surface area contributed by atoms with Crippen molar-refractivity contribution in [1.29, 1.82) is 0 Å². The van der Waals surface area contributed by atoms with Gasteiger partial charge in [0.2, 0.25) is 0 Å². The molecule has 1 N–H and O–H groups in total. The SMILES string of the molecule is CC(C)c1ccc2nc3ccc(C(=O)NCCSCc4ccncc4)cn3c(=O)c2c1. The molecule has 0 aliphatic rings. The molecule has 4 aromatic rings. The number of aromatic nitrogens is 3. The molecule has 3 aromatic heterocycles. The first-order chi connectivity index (χ1) is 15.0. The number of hydrogen-bond donors (Lipinski definition) is 1. The van der Waals surface area contributed by atoms with Crippen LogP contribution in [0.2, 0.25) is 0 Å². The molecule has 0 atom stereocenters. The van der Waals surface area contributed by atoms with Crippen LogP contribution in [0.15, 0.2) is 65.8 Å². The maximum atomic E-state index is 13.1. The molecule has 1 amide bonds. The van der Waals surface area contributed by atoms with Gasteiger partial charge in [0.25, 0.3) is 11.5 Å². The number of thioether (sulfide) groups is 1. The fourth-order valence-electron chi connectivity index (χ4n) is 3.32. The van der Waals surface area contributed by atoms with Gasteiger partial charge in [-0.05, 0) is 53.4 Å². The lowest BCUT2D eigenvalue weighted by Crippen LogP contribution is -2.27. The van der Waals surface area contributed by atoms with E-state index in [-0.39, 0.29) is 11.5 Å². The van der Waals surface area contributed by atoms with Crippen molar-refractivity contribution >= 4 is 34.2 Å². The fourth-order valence-corrected chi connectivity index (χ4v) is 4.14. The zero-order chi connectivity index (χ0) is 21.8. The Hall–Kier alpha value is -3.19. The Morgan fingerprint density at radius 1 is 1.13 bits per heavy atom. The van der Waals surface area contributed by atoms with Gasteiger partial charge in [-0.2, -0.15) is 11.8 Å². The largest absolute Gasteiger partial charge is 0.351 e. The van der Waals surface area contributed by atoms with E-state index in [0.29, 0.717) is 34.6 Å². The number of carbonyl (C=O) groups is 1. The van der Waals surface area contributed by atoms with Crippen LogP contribution in [0, 0.1) is 0 Å². The highest BCUT2D eigenvalue weighted by Gasteiger charge is 2.11. The third kappa shape index (κ3) is 4.77. The van der Waals surface area contributed by atoms with Crippen molar-refractivity contribution in [1.82, 2.24) is 19.7 Å². The van der Waals surface area contributed by atoms with Gasteiger partial charge in [0.05, 0.1) is 16.5 Å². The number of amides is 1. The van der Waals surface area contributed by atoms with Crippen molar-refractivity contribution in [3.05, 3.63) is 88.1 Å². The van der Waals surface area contributed by atoms with Crippen molar-refractivity contribution in [2.45, 2.75) is 25.5 Å². The lowest BCUT2D eigenvalue weighted by Gasteiger charge is -2.09. The summed E-state index contributed by atoms with van der Waals surface area (Å²) in [6.07, 6.45) is 5.13. The maximum absolute atomic E-state index is 13.1. The van der Waals surface area contributed by atoms with Crippen LogP contribution >= 0.6 is 11.8 Å². The highest BCUT2D eigenvalue weighted by atomic mass is 32.2. The van der Waals surface area contributed by atoms with E-state index < -0.39 is 0 Å². The fraction of sp³-hybridized carbons (Fsp3) is 0.250. The van der Waals surface area contributed by atoms with Crippen LogP contribution < -0.4 is 10.9 Å². The van der Waals surface area contributed by atoms with E-state index in [4.69, 9.17) is 0 Å². The van der Waals surface area contributed by atoms with Gasteiger partial charge in [-0.15, -0.1) is 0 Å². The molecule has 7 heteroatoms. The molecule has 0 saturated heterocycles. The molecule has 0 saturated carbocycles. The van der Waals surface area contributed by atoms with Gasteiger partial charge in [0, 0.05) is 36.6 Å². The molecule has 31 heavy (non-hydrogen) atoms. The van der Waals surface area contributed by atoms with Crippen molar-refractivity contribution in [3.8, 4) is 0 Å². The predicted octanol–water partition coefficient (Wildman–Crippen LogP) is 4.03. The van der Waals surface area contributed by atoms with Gasteiger partial charge < -0.3 is 5.32 Å². The van der Waals surface area contributed by atoms with Gasteiger partial charge in [-0.1, -0.05) is 19.9 Å².